The van der Waals surface area contributed by atoms with E-state index in [4.69, 9.17) is 11.6 Å². The Balaban J connectivity index is 1.81. The normalized spacial score (nSPS) is 22.3. The van der Waals surface area contributed by atoms with E-state index in [9.17, 15) is 15.0 Å². The maximum Gasteiger partial charge on any atom is 0.232 e. The quantitative estimate of drug-likeness (QED) is 0.866. The van der Waals surface area contributed by atoms with E-state index in [1.807, 2.05) is 24.3 Å². The van der Waals surface area contributed by atoms with Crippen molar-refractivity contribution in [3.8, 4) is 0 Å². The number of nitrogens with zero attached hydrogens (tertiary/aromatic N) is 1. The van der Waals surface area contributed by atoms with E-state index >= 15 is 0 Å². The van der Waals surface area contributed by atoms with E-state index in [0.29, 0.717) is 29.5 Å². The van der Waals surface area contributed by atoms with Crippen molar-refractivity contribution in [2.45, 2.75) is 24.2 Å². The van der Waals surface area contributed by atoms with Gasteiger partial charge >= 0.3 is 0 Å². The fourth-order valence-corrected chi connectivity index (χ4v) is 3.62. The minimum atomic E-state index is -1.14. The highest BCUT2D eigenvalue weighted by Crippen LogP contribution is 2.23. The average molecular weight is 330 g/mol. The zero-order valence-electron chi connectivity index (χ0n) is 11.8. The molecule has 0 bridgehead atoms. The van der Waals surface area contributed by atoms with Crippen molar-refractivity contribution in [1.29, 1.82) is 0 Å². The van der Waals surface area contributed by atoms with Gasteiger partial charge in [-0.15, -0.1) is 11.8 Å². The largest absolute Gasteiger partial charge is 0.393 e. The van der Waals surface area contributed by atoms with Crippen LogP contribution in [0.4, 0.5) is 0 Å². The second-order valence-electron chi connectivity index (χ2n) is 5.39. The zero-order valence-corrected chi connectivity index (χ0v) is 13.4. The lowest BCUT2D eigenvalue weighted by Gasteiger charge is -2.38. The molecule has 1 aromatic carbocycles. The number of hydrogen-bond donors (Lipinski definition) is 2. The molecule has 2 N–H and O–H groups in total. The molecule has 0 saturated carbocycles. The van der Waals surface area contributed by atoms with Gasteiger partial charge < -0.3 is 15.1 Å². The van der Waals surface area contributed by atoms with Crippen molar-refractivity contribution in [3.63, 3.8) is 0 Å². The highest BCUT2D eigenvalue weighted by atomic mass is 35.5. The summed E-state index contributed by atoms with van der Waals surface area (Å²) in [5.41, 5.74) is -0.121. The predicted octanol–water partition coefficient (Wildman–Crippen LogP) is 1.92. The van der Waals surface area contributed by atoms with Crippen molar-refractivity contribution in [1.82, 2.24) is 4.90 Å². The number of amides is 1. The second-order valence-corrected chi connectivity index (χ2v) is 6.78. The highest BCUT2D eigenvalue weighted by Gasteiger charge is 2.34. The molecule has 116 valence electrons. The summed E-state index contributed by atoms with van der Waals surface area (Å²) in [7, 11) is 0. The molecule has 0 aromatic heterocycles. The van der Waals surface area contributed by atoms with Crippen molar-refractivity contribution in [2.75, 3.05) is 25.4 Å². The van der Waals surface area contributed by atoms with Crippen LogP contribution in [0.5, 0.6) is 0 Å². The number of likely N-dealkylation sites (tertiary alicyclic amines) is 1. The smallest absolute Gasteiger partial charge is 0.232 e. The molecule has 1 amide bonds. The predicted molar refractivity (Wildman–Crippen MR) is 85.5 cm³/mol. The first-order chi connectivity index (χ1) is 10.0. The number of aliphatic hydroxyl groups is 2. The van der Waals surface area contributed by atoms with Crippen molar-refractivity contribution in [3.05, 3.63) is 34.9 Å². The fourth-order valence-electron chi connectivity index (χ4n) is 2.41. The Morgan fingerprint density at radius 3 is 2.90 bits per heavy atom. The molecule has 0 aliphatic carbocycles. The van der Waals surface area contributed by atoms with Crippen LogP contribution in [-0.4, -0.2) is 52.1 Å². The number of piperidine rings is 1. The Bertz CT molecular complexity index is 500. The van der Waals surface area contributed by atoms with Gasteiger partial charge in [0.2, 0.25) is 5.91 Å². The van der Waals surface area contributed by atoms with Crippen LogP contribution in [-0.2, 0) is 10.5 Å². The number of halogens is 1. The van der Waals surface area contributed by atoms with Gasteiger partial charge in [0.05, 0.1) is 18.9 Å². The Kier molecular flexibility index (Phi) is 5.93. The van der Waals surface area contributed by atoms with Crippen LogP contribution in [0, 0.1) is 0 Å². The average Bonchev–Trinajstić information content (AvgIpc) is 2.49. The molecule has 2 rings (SSSR count). The van der Waals surface area contributed by atoms with Gasteiger partial charge in [-0.2, -0.15) is 0 Å². The van der Waals surface area contributed by atoms with Crippen molar-refractivity contribution < 1.29 is 15.0 Å². The van der Waals surface area contributed by atoms with Gasteiger partial charge in [0.1, 0.15) is 5.60 Å². The first-order valence-corrected chi connectivity index (χ1v) is 8.49. The molecular formula is C15H20ClNO3S. The molecule has 1 heterocycles. The molecule has 1 fully saturated rings. The van der Waals surface area contributed by atoms with E-state index in [0.717, 1.165) is 12.0 Å². The van der Waals surface area contributed by atoms with Crippen LogP contribution in [0.3, 0.4) is 0 Å². The van der Waals surface area contributed by atoms with Gasteiger partial charge in [0.25, 0.3) is 0 Å². The van der Waals surface area contributed by atoms with E-state index in [1.165, 1.54) is 11.8 Å². The van der Waals surface area contributed by atoms with Crippen molar-refractivity contribution >= 4 is 29.3 Å². The molecule has 1 aliphatic heterocycles. The number of aliphatic hydroxyl groups excluding tert-OH is 1. The number of rotatable bonds is 5. The molecule has 1 aliphatic rings. The SMILES string of the molecule is O=C(CSCc1ccccc1Cl)N1CCC[C@](O)(CO)C1. The Morgan fingerprint density at radius 1 is 1.43 bits per heavy atom. The van der Waals surface area contributed by atoms with E-state index in [-0.39, 0.29) is 19.1 Å². The molecular weight excluding hydrogens is 310 g/mol. The molecule has 1 saturated heterocycles. The Labute approximate surface area is 134 Å². The van der Waals surface area contributed by atoms with Gasteiger partial charge in [-0.3, -0.25) is 4.79 Å². The number of carbonyl (C=O) groups is 1. The number of β-amino-alcohol motifs (C(OH)–C–C–N with tert-alkyl or cyclic N) is 1. The summed E-state index contributed by atoms with van der Waals surface area (Å²) in [5.74, 6) is 1.04. The Morgan fingerprint density at radius 2 is 2.19 bits per heavy atom. The minimum Gasteiger partial charge on any atom is -0.393 e. The summed E-state index contributed by atoms with van der Waals surface area (Å²) in [6.45, 7) is 0.562. The third kappa shape index (κ3) is 4.61. The Hall–Kier alpha value is -0.750. The summed E-state index contributed by atoms with van der Waals surface area (Å²) in [6, 6.07) is 7.59. The lowest BCUT2D eigenvalue weighted by atomic mass is 9.94. The lowest BCUT2D eigenvalue weighted by molar-refractivity contribution is -0.137. The van der Waals surface area contributed by atoms with Crippen LogP contribution in [0.15, 0.2) is 24.3 Å². The summed E-state index contributed by atoms with van der Waals surface area (Å²) in [4.78, 5) is 13.8. The fraction of sp³-hybridized carbons (Fsp3) is 0.533. The summed E-state index contributed by atoms with van der Waals surface area (Å²) < 4.78 is 0. The number of carbonyl (C=O) groups excluding carboxylic acids is 1. The number of benzene rings is 1. The van der Waals surface area contributed by atoms with Gasteiger partial charge in [-0.25, -0.2) is 0 Å². The van der Waals surface area contributed by atoms with Crippen LogP contribution in [0.1, 0.15) is 18.4 Å². The number of thioether (sulfide) groups is 1. The van der Waals surface area contributed by atoms with Crippen LogP contribution in [0.2, 0.25) is 5.02 Å². The van der Waals surface area contributed by atoms with Gasteiger partial charge in [0, 0.05) is 17.3 Å². The van der Waals surface area contributed by atoms with Gasteiger partial charge in [-0.05, 0) is 24.5 Å². The van der Waals surface area contributed by atoms with E-state index < -0.39 is 5.60 Å². The monoisotopic (exact) mass is 329 g/mol. The maximum atomic E-state index is 12.2. The summed E-state index contributed by atoms with van der Waals surface area (Å²) >= 11 is 7.59. The topological polar surface area (TPSA) is 60.8 Å². The minimum absolute atomic E-state index is 0.00127. The van der Waals surface area contributed by atoms with E-state index in [2.05, 4.69) is 0 Å². The summed E-state index contributed by atoms with van der Waals surface area (Å²) in [6.07, 6.45) is 1.26. The molecule has 0 radical (unpaired) electrons. The molecule has 21 heavy (non-hydrogen) atoms. The van der Waals surface area contributed by atoms with Gasteiger partial charge in [-0.1, -0.05) is 29.8 Å². The third-order valence-electron chi connectivity index (χ3n) is 3.64. The second kappa shape index (κ2) is 7.49. The maximum absolute atomic E-state index is 12.2. The first kappa shape index (κ1) is 16.6. The molecule has 1 aromatic rings. The molecule has 1 atom stereocenters. The van der Waals surface area contributed by atoms with Gasteiger partial charge in [0.15, 0.2) is 0 Å². The molecule has 4 nitrogen and oxygen atoms in total. The zero-order chi connectivity index (χ0) is 15.3. The lowest BCUT2D eigenvalue weighted by Crippen LogP contribution is -2.52. The molecule has 0 unspecified atom stereocenters. The van der Waals surface area contributed by atoms with Crippen LogP contribution < -0.4 is 0 Å². The van der Waals surface area contributed by atoms with Crippen molar-refractivity contribution in [2.24, 2.45) is 0 Å². The standard InChI is InChI=1S/C15H20ClNO3S/c16-13-5-2-1-4-12(13)8-21-9-14(19)17-7-3-6-15(20,10-17)11-18/h1-2,4-5,18,20H,3,6-11H2/t15-/m1/s1. The third-order valence-corrected chi connectivity index (χ3v) is 4.98. The molecule has 6 heteroatoms. The highest BCUT2D eigenvalue weighted by molar-refractivity contribution is 7.99. The van der Waals surface area contributed by atoms with Crippen LogP contribution in [0.25, 0.3) is 0 Å². The van der Waals surface area contributed by atoms with Crippen LogP contribution >= 0.6 is 23.4 Å². The number of hydrogen-bond acceptors (Lipinski definition) is 4. The molecule has 0 spiro atoms. The first-order valence-electron chi connectivity index (χ1n) is 6.96. The summed E-state index contributed by atoms with van der Waals surface area (Å²) in [5, 5.41) is 20.0. The van der Waals surface area contributed by atoms with E-state index in [1.54, 1.807) is 4.90 Å².